The second-order valence-electron chi connectivity index (χ2n) is 7.18. The van der Waals surface area contributed by atoms with E-state index in [2.05, 4.69) is 15.5 Å². The zero-order valence-corrected chi connectivity index (χ0v) is 17.0. The number of carbonyl (C=O) groups excluding carboxylic acids is 2. The quantitative estimate of drug-likeness (QED) is 0.612. The third-order valence-corrected chi connectivity index (χ3v) is 5.06. The Morgan fingerprint density at radius 3 is 2.35 bits per heavy atom. The lowest BCUT2D eigenvalue weighted by Gasteiger charge is -2.18. The summed E-state index contributed by atoms with van der Waals surface area (Å²) < 4.78 is 1.99. The summed E-state index contributed by atoms with van der Waals surface area (Å²) in [5.41, 5.74) is 0.827. The van der Waals surface area contributed by atoms with Crippen LogP contribution in [-0.4, -0.2) is 31.7 Å². The van der Waals surface area contributed by atoms with Crippen molar-refractivity contribution in [2.24, 2.45) is 5.41 Å². The molecule has 1 aromatic heterocycles. The molecule has 6 nitrogen and oxygen atoms in total. The van der Waals surface area contributed by atoms with Gasteiger partial charge in [-0.2, -0.15) is 0 Å². The first-order chi connectivity index (χ1) is 12.1. The predicted octanol–water partition coefficient (Wildman–Crippen LogP) is 3.95. The SMILES string of the molecule is CCn1c(C)nnc1SC(C)C(=O)c1ccc(NC(=O)C(C)(C)C)cc1. The van der Waals surface area contributed by atoms with Gasteiger partial charge in [-0.15, -0.1) is 10.2 Å². The van der Waals surface area contributed by atoms with E-state index in [0.29, 0.717) is 11.3 Å². The summed E-state index contributed by atoms with van der Waals surface area (Å²) in [6.45, 7) is 12.1. The number of hydrogen-bond donors (Lipinski definition) is 1. The van der Waals surface area contributed by atoms with Gasteiger partial charge in [0.25, 0.3) is 0 Å². The Morgan fingerprint density at radius 2 is 1.81 bits per heavy atom. The molecule has 0 radical (unpaired) electrons. The lowest BCUT2D eigenvalue weighted by molar-refractivity contribution is -0.123. The molecule has 0 saturated heterocycles. The summed E-state index contributed by atoms with van der Waals surface area (Å²) in [4.78, 5) is 24.7. The van der Waals surface area contributed by atoms with Crippen LogP contribution in [0.2, 0.25) is 0 Å². The highest BCUT2D eigenvalue weighted by Crippen LogP contribution is 2.25. The molecule has 26 heavy (non-hydrogen) atoms. The summed E-state index contributed by atoms with van der Waals surface area (Å²) in [5, 5.41) is 11.5. The molecule has 7 heteroatoms. The van der Waals surface area contributed by atoms with Crippen molar-refractivity contribution in [2.45, 2.75) is 58.5 Å². The highest BCUT2D eigenvalue weighted by Gasteiger charge is 2.22. The Morgan fingerprint density at radius 1 is 1.19 bits per heavy atom. The third-order valence-electron chi connectivity index (χ3n) is 3.98. The smallest absolute Gasteiger partial charge is 0.229 e. The monoisotopic (exact) mass is 374 g/mol. The summed E-state index contributed by atoms with van der Waals surface area (Å²) in [6, 6.07) is 7.00. The molecule has 1 aromatic carbocycles. The number of Topliss-reactive ketones (excluding diaryl/α,β-unsaturated/α-hetero) is 1. The zero-order valence-electron chi connectivity index (χ0n) is 16.2. The fraction of sp³-hybridized carbons (Fsp3) is 0.474. The maximum absolute atomic E-state index is 12.7. The van der Waals surface area contributed by atoms with Gasteiger partial charge in [-0.3, -0.25) is 9.59 Å². The number of carbonyl (C=O) groups is 2. The summed E-state index contributed by atoms with van der Waals surface area (Å²) in [6.07, 6.45) is 0. The van der Waals surface area contributed by atoms with Crippen LogP contribution in [0.15, 0.2) is 29.4 Å². The fourth-order valence-electron chi connectivity index (χ4n) is 2.30. The van der Waals surface area contributed by atoms with Gasteiger partial charge < -0.3 is 9.88 Å². The molecule has 1 N–H and O–H groups in total. The Hall–Kier alpha value is -2.15. The number of nitrogens with one attached hydrogen (secondary N) is 1. The fourth-order valence-corrected chi connectivity index (χ4v) is 3.33. The van der Waals surface area contributed by atoms with Gasteiger partial charge in [0.05, 0.1) is 5.25 Å². The van der Waals surface area contributed by atoms with Gasteiger partial charge in [-0.25, -0.2) is 0 Å². The summed E-state index contributed by atoms with van der Waals surface area (Å²) in [7, 11) is 0. The number of aromatic nitrogens is 3. The van der Waals surface area contributed by atoms with Crippen LogP contribution in [0.3, 0.4) is 0 Å². The van der Waals surface area contributed by atoms with Crippen molar-refractivity contribution in [1.82, 2.24) is 14.8 Å². The average Bonchev–Trinajstić information content (AvgIpc) is 2.93. The van der Waals surface area contributed by atoms with E-state index in [1.165, 1.54) is 11.8 Å². The molecule has 0 aliphatic carbocycles. The van der Waals surface area contributed by atoms with Crippen molar-refractivity contribution in [3.05, 3.63) is 35.7 Å². The topological polar surface area (TPSA) is 76.9 Å². The van der Waals surface area contributed by atoms with Crippen molar-refractivity contribution in [3.63, 3.8) is 0 Å². The molecule has 2 rings (SSSR count). The number of rotatable bonds is 6. The minimum absolute atomic E-state index is 0.0204. The molecule has 1 amide bonds. The van der Waals surface area contributed by atoms with Crippen LogP contribution in [0.1, 0.15) is 50.8 Å². The zero-order chi connectivity index (χ0) is 19.5. The number of thioether (sulfide) groups is 1. The van der Waals surface area contributed by atoms with E-state index in [1.54, 1.807) is 24.3 Å². The van der Waals surface area contributed by atoms with Crippen LogP contribution >= 0.6 is 11.8 Å². The van der Waals surface area contributed by atoms with E-state index in [9.17, 15) is 9.59 Å². The average molecular weight is 375 g/mol. The molecule has 0 aliphatic rings. The first-order valence-corrected chi connectivity index (χ1v) is 9.53. The lowest BCUT2D eigenvalue weighted by Crippen LogP contribution is -2.27. The number of ketones is 1. The minimum atomic E-state index is -0.465. The Bertz CT molecular complexity index is 791. The first-order valence-electron chi connectivity index (χ1n) is 8.65. The standard InChI is InChI=1S/C19H26N4O2S/c1-7-23-13(3)21-22-18(23)26-12(2)16(24)14-8-10-15(11-9-14)20-17(25)19(4,5)6/h8-12H,7H2,1-6H3,(H,20,25). The second-order valence-corrected chi connectivity index (χ2v) is 8.49. The van der Waals surface area contributed by atoms with Crippen molar-refractivity contribution in [3.8, 4) is 0 Å². The summed E-state index contributed by atoms with van der Waals surface area (Å²) >= 11 is 1.41. The van der Waals surface area contributed by atoms with Crippen LogP contribution in [0.4, 0.5) is 5.69 Å². The molecule has 140 valence electrons. The molecule has 1 atom stereocenters. The molecule has 0 bridgehead atoms. The van der Waals surface area contributed by atoms with Crippen LogP contribution in [0, 0.1) is 12.3 Å². The number of hydrogen-bond acceptors (Lipinski definition) is 5. The lowest BCUT2D eigenvalue weighted by atomic mass is 9.95. The van der Waals surface area contributed by atoms with Crippen molar-refractivity contribution in [1.29, 1.82) is 0 Å². The largest absolute Gasteiger partial charge is 0.326 e. The maximum Gasteiger partial charge on any atom is 0.229 e. The number of nitrogens with zero attached hydrogens (tertiary/aromatic N) is 3. The second kappa shape index (κ2) is 8.03. The highest BCUT2D eigenvalue weighted by molar-refractivity contribution is 8.00. The molecule has 0 aliphatic heterocycles. The van der Waals surface area contributed by atoms with Crippen LogP contribution < -0.4 is 5.32 Å². The van der Waals surface area contributed by atoms with E-state index in [1.807, 2.05) is 46.1 Å². The highest BCUT2D eigenvalue weighted by atomic mass is 32.2. The van der Waals surface area contributed by atoms with E-state index in [0.717, 1.165) is 17.5 Å². The third kappa shape index (κ3) is 4.72. The molecule has 1 unspecified atom stereocenters. The Labute approximate surface area is 158 Å². The maximum atomic E-state index is 12.7. The molecule has 1 heterocycles. The molecular weight excluding hydrogens is 348 g/mol. The van der Waals surface area contributed by atoms with Gasteiger partial charge in [0.2, 0.25) is 5.91 Å². The number of anilines is 1. The van der Waals surface area contributed by atoms with Gasteiger partial charge in [0.1, 0.15) is 5.82 Å². The van der Waals surface area contributed by atoms with Crippen LogP contribution in [0.25, 0.3) is 0 Å². The van der Waals surface area contributed by atoms with Crippen molar-refractivity contribution in [2.75, 3.05) is 5.32 Å². The van der Waals surface area contributed by atoms with Gasteiger partial charge >= 0.3 is 0 Å². The van der Waals surface area contributed by atoms with E-state index in [4.69, 9.17) is 0 Å². The minimum Gasteiger partial charge on any atom is -0.326 e. The van der Waals surface area contributed by atoms with Crippen molar-refractivity contribution < 1.29 is 9.59 Å². The molecule has 0 saturated carbocycles. The summed E-state index contributed by atoms with van der Waals surface area (Å²) in [5.74, 6) is 0.801. The molecule has 2 aromatic rings. The normalized spacial score (nSPS) is 12.7. The number of benzene rings is 1. The van der Waals surface area contributed by atoms with Crippen LogP contribution in [-0.2, 0) is 11.3 Å². The van der Waals surface area contributed by atoms with E-state index in [-0.39, 0.29) is 16.9 Å². The van der Waals surface area contributed by atoms with Gasteiger partial charge in [0, 0.05) is 23.2 Å². The molecule has 0 spiro atoms. The van der Waals surface area contributed by atoms with Crippen molar-refractivity contribution >= 4 is 29.1 Å². The predicted molar refractivity (Wildman–Crippen MR) is 105 cm³/mol. The van der Waals surface area contributed by atoms with Gasteiger partial charge in [-0.1, -0.05) is 32.5 Å². The Kier molecular flexibility index (Phi) is 6.23. The van der Waals surface area contributed by atoms with Gasteiger partial charge in [0.15, 0.2) is 10.9 Å². The molecular formula is C19H26N4O2S. The molecule has 0 fully saturated rings. The first kappa shape index (κ1) is 20.2. The van der Waals surface area contributed by atoms with Crippen LogP contribution in [0.5, 0.6) is 0 Å². The Balaban J connectivity index is 2.06. The van der Waals surface area contributed by atoms with E-state index < -0.39 is 5.41 Å². The van der Waals surface area contributed by atoms with Gasteiger partial charge in [-0.05, 0) is 45.0 Å². The number of amides is 1. The number of aryl methyl sites for hydroxylation is 1. The van der Waals surface area contributed by atoms with E-state index >= 15 is 0 Å².